The topological polar surface area (TPSA) is 68.9 Å². The molecule has 3 N–H and O–H groups in total. The van der Waals surface area contributed by atoms with E-state index in [0.717, 1.165) is 29.2 Å². The molecule has 0 unspecified atom stereocenters. The number of aryl methyl sites for hydroxylation is 2. The van der Waals surface area contributed by atoms with Gasteiger partial charge in [-0.1, -0.05) is 12.1 Å². The second-order valence-electron chi connectivity index (χ2n) is 6.03. The molecule has 0 radical (unpaired) electrons. The lowest BCUT2D eigenvalue weighted by Gasteiger charge is -2.10. The van der Waals surface area contributed by atoms with Crippen LogP contribution in [-0.2, 0) is 6.54 Å². The fourth-order valence-corrected chi connectivity index (χ4v) is 2.72. The number of guanidine groups is 1. The van der Waals surface area contributed by atoms with E-state index in [4.69, 9.17) is 15.2 Å². The fourth-order valence-electron chi connectivity index (χ4n) is 2.72. The van der Waals surface area contributed by atoms with Gasteiger partial charge in [0.15, 0.2) is 17.5 Å². The summed E-state index contributed by atoms with van der Waals surface area (Å²) in [5.41, 5.74) is 10.4. The Kier molecular flexibility index (Phi) is 6.92. The van der Waals surface area contributed by atoms with Gasteiger partial charge in [-0.05, 0) is 54.8 Å². The van der Waals surface area contributed by atoms with Crippen LogP contribution in [0.15, 0.2) is 41.4 Å². The summed E-state index contributed by atoms with van der Waals surface area (Å²) in [6.07, 6.45) is 0.898. The smallest absolute Gasteiger partial charge is 0.193 e. The van der Waals surface area contributed by atoms with Gasteiger partial charge in [-0.15, -0.1) is 24.0 Å². The largest absolute Gasteiger partial charge is 0.490 e. The Bertz CT molecular complexity index is 742. The average molecular weight is 453 g/mol. The van der Waals surface area contributed by atoms with Crippen LogP contribution in [0.2, 0.25) is 0 Å². The highest BCUT2D eigenvalue weighted by Gasteiger charge is 2.10. The summed E-state index contributed by atoms with van der Waals surface area (Å²) in [7, 11) is 0. The third-order valence-electron chi connectivity index (χ3n) is 3.74. The predicted molar refractivity (Wildman–Crippen MR) is 112 cm³/mol. The van der Waals surface area contributed by atoms with Crippen molar-refractivity contribution < 1.29 is 9.47 Å². The van der Waals surface area contributed by atoms with Crippen LogP contribution >= 0.6 is 24.0 Å². The first-order valence-corrected chi connectivity index (χ1v) is 8.14. The molecular formula is C19H24IN3O2. The quantitative estimate of drug-likeness (QED) is 0.419. The summed E-state index contributed by atoms with van der Waals surface area (Å²) in [6, 6.07) is 12.1. The molecule has 0 saturated carbocycles. The van der Waals surface area contributed by atoms with Crippen molar-refractivity contribution in [2.45, 2.75) is 26.8 Å². The van der Waals surface area contributed by atoms with Gasteiger partial charge < -0.3 is 20.5 Å². The molecule has 134 valence electrons. The van der Waals surface area contributed by atoms with E-state index in [1.54, 1.807) is 0 Å². The average Bonchev–Trinajstić information content (AvgIpc) is 2.76. The lowest BCUT2D eigenvalue weighted by molar-refractivity contribution is 0.297. The number of benzene rings is 2. The van der Waals surface area contributed by atoms with Gasteiger partial charge in [-0.2, -0.15) is 0 Å². The van der Waals surface area contributed by atoms with Gasteiger partial charge in [-0.3, -0.25) is 0 Å². The van der Waals surface area contributed by atoms with Gasteiger partial charge in [0, 0.05) is 12.1 Å². The monoisotopic (exact) mass is 453 g/mol. The highest BCUT2D eigenvalue weighted by Crippen LogP contribution is 2.30. The number of nitrogens with zero attached hydrogens (tertiary/aromatic N) is 1. The first-order chi connectivity index (χ1) is 11.6. The molecule has 0 spiro atoms. The van der Waals surface area contributed by atoms with Crippen molar-refractivity contribution >= 4 is 35.6 Å². The molecule has 1 aliphatic rings. The van der Waals surface area contributed by atoms with Crippen LogP contribution in [-0.4, -0.2) is 19.2 Å². The lowest BCUT2D eigenvalue weighted by atomic mass is 10.1. The lowest BCUT2D eigenvalue weighted by Crippen LogP contribution is -2.22. The summed E-state index contributed by atoms with van der Waals surface area (Å²) in [4.78, 5) is 4.41. The second kappa shape index (κ2) is 8.94. The van der Waals surface area contributed by atoms with E-state index >= 15 is 0 Å². The number of ether oxygens (including phenoxy) is 2. The molecule has 6 heteroatoms. The van der Waals surface area contributed by atoms with Gasteiger partial charge in [0.25, 0.3) is 0 Å². The Labute approximate surface area is 165 Å². The number of nitrogens with two attached hydrogens (primary N) is 1. The first kappa shape index (κ1) is 19.4. The molecule has 0 amide bonds. The summed E-state index contributed by atoms with van der Waals surface area (Å²) in [5, 5.41) is 3.14. The minimum atomic E-state index is 0. The van der Waals surface area contributed by atoms with Gasteiger partial charge in [-0.25, -0.2) is 4.99 Å². The number of aliphatic imine (C=N–C) groups is 1. The molecule has 2 aromatic rings. The van der Waals surface area contributed by atoms with Gasteiger partial charge >= 0.3 is 0 Å². The van der Waals surface area contributed by atoms with Crippen molar-refractivity contribution in [3.63, 3.8) is 0 Å². The van der Waals surface area contributed by atoms with Crippen LogP contribution in [0.4, 0.5) is 5.69 Å². The highest BCUT2D eigenvalue weighted by molar-refractivity contribution is 14.0. The zero-order valence-electron chi connectivity index (χ0n) is 14.5. The van der Waals surface area contributed by atoms with Crippen LogP contribution in [0.5, 0.6) is 11.5 Å². The number of fused-ring (bicyclic) bond motifs is 1. The Morgan fingerprint density at radius 3 is 2.44 bits per heavy atom. The maximum Gasteiger partial charge on any atom is 0.193 e. The molecule has 3 rings (SSSR count). The van der Waals surface area contributed by atoms with E-state index in [2.05, 4.69) is 30.2 Å². The molecule has 0 atom stereocenters. The number of rotatable bonds is 3. The van der Waals surface area contributed by atoms with Gasteiger partial charge in [0.2, 0.25) is 0 Å². The molecular weight excluding hydrogens is 429 g/mol. The minimum absolute atomic E-state index is 0. The first-order valence-electron chi connectivity index (χ1n) is 8.14. The summed E-state index contributed by atoms with van der Waals surface area (Å²) in [5.74, 6) is 1.97. The second-order valence-corrected chi connectivity index (χ2v) is 6.03. The third kappa shape index (κ3) is 5.52. The Morgan fingerprint density at radius 1 is 1.04 bits per heavy atom. The van der Waals surface area contributed by atoms with Crippen LogP contribution in [0.1, 0.15) is 23.1 Å². The molecule has 1 aliphatic heterocycles. The number of halogens is 1. The molecule has 0 aromatic heterocycles. The Balaban J connectivity index is 0.00000225. The van der Waals surface area contributed by atoms with Crippen LogP contribution in [0.25, 0.3) is 0 Å². The number of hydrogen-bond donors (Lipinski definition) is 2. The summed E-state index contributed by atoms with van der Waals surface area (Å²) >= 11 is 0. The number of nitrogens with one attached hydrogen (secondary N) is 1. The van der Waals surface area contributed by atoms with E-state index in [-0.39, 0.29) is 24.0 Å². The van der Waals surface area contributed by atoms with Gasteiger partial charge in [0.05, 0.1) is 19.8 Å². The van der Waals surface area contributed by atoms with E-state index < -0.39 is 0 Å². The van der Waals surface area contributed by atoms with E-state index in [1.807, 2.05) is 30.3 Å². The maximum absolute atomic E-state index is 6.00. The van der Waals surface area contributed by atoms with Crippen molar-refractivity contribution in [1.29, 1.82) is 0 Å². The molecule has 0 bridgehead atoms. The highest BCUT2D eigenvalue weighted by atomic mass is 127. The Hall–Kier alpha value is -1.96. The Morgan fingerprint density at radius 2 is 1.72 bits per heavy atom. The fraction of sp³-hybridized carbons (Fsp3) is 0.316. The standard InChI is InChI=1S/C19H23N3O2.HI/c1-13-8-14(2)10-16(9-13)22-19(20)21-12-15-4-5-17-18(11-15)24-7-3-6-23-17;/h4-5,8-11H,3,6-7,12H2,1-2H3,(H3,20,21,22);1H. The van der Waals surface area contributed by atoms with Crippen LogP contribution < -0.4 is 20.5 Å². The number of anilines is 1. The molecule has 0 fully saturated rings. The molecule has 25 heavy (non-hydrogen) atoms. The summed E-state index contributed by atoms with van der Waals surface area (Å²) in [6.45, 7) is 5.97. The zero-order valence-corrected chi connectivity index (χ0v) is 16.9. The normalized spacial score (nSPS) is 13.6. The number of hydrogen-bond acceptors (Lipinski definition) is 3. The van der Waals surface area contributed by atoms with Crippen LogP contribution in [0, 0.1) is 13.8 Å². The van der Waals surface area contributed by atoms with Crippen molar-refractivity contribution in [1.82, 2.24) is 0 Å². The van der Waals surface area contributed by atoms with Crippen molar-refractivity contribution in [3.05, 3.63) is 53.1 Å². The van der Waals surface area contributed by atoms with E-state index in [9.17, 15) is 0 Å². The molecule has 0 aliphatic carbocycles. The van der Waals surface area contributed by atoms with Gasteiger partial charge in [0.1, 0.15) is 0 Å². The van der Waals surface area contributed by atoms with Crippen molar-refractivity contribution in [2.75, 3.05) is 18.5 Å². The third-order valence-corrected chi connectivity index (χ3v) is 3.74. The maximum atomic E-state index is 6.00. The van der Waals surface area contributed by atoms with Crippen molar-refractivity contribution in [2.24, 2.45) is 10.7 Å². The molecule has 1 heterocycles. The van der Waals surface area contributed by atoms with E-state index in [0.29, 0.717) is 25.7 Å². The van der Waals surface area contributed by atoms with E-state index in [1.165, 1.54) is 11.1 Å². The summed E-state index contributed by atoms with van der Waals surface area (Å²) < 4.78 is 11.3. The minimum Gasteiger partial charge on any atom is -0.490 e. The molecule has 2 aromatic carbocycles. The zero-order chi connectivity index (χ0) is 16.9. The molecule has 5 nitrogen and oxygen atoms in total. The van der Waals surface area contributed by atoms with Crippen molar-refractivity contribution in [3.8, 4) is 11.5 Å². The SMILES string of the molecule is Cc1cc(C)cc(NC(N)=NCc2ccc3c(c2)OCCCO3)c1.I. The molecule has 0 saturated heterocycles. The predicted octanol–water partition coefficient (Wildman–Crippen LogP) is 4.01. The van der Waals surface area contributed by atoms with Crippen LogP contribution in [0.3, 0.4) is 0 Å².